The molecule has 0 unspecified atom stereocenters. The number of amides is 1. The molecule has 0 spiro atoms. The van der Waals surface area contributed by atoms with Gasteiger partial charge in [0.2, 0.25) is 5.91 Å². The molecule has 0 fully saturated rings. The number of nitrogens with one attached hydrogen (secondary N) is 2. The van der Waals surface area contributed by atoms with Gasteiger partial charge in [0.1, 0.15) is 5.82 Å². The predicted octanol–water partition coefficient (Wildman–Crippen LogP) is 1.62. The Morgan fingerprint density at radius 2 is 2.10 bits per heavy atom. The minimum absolute atomic E-state index is 0. The van der Waals surface area contributed by atoms with Gasteiger partial charge in [-0.25, -0.2) is 4.98 Å². The molecule has 0 aliphatic heterocycles. The minimum atomic E-state index is -0.533. The Morgan fingerprint density at radius 3 is 2.70 bits per heavy atom. The van der Waals surface area contributed by atoms with Crippen LogP contribution in [0.1, 0.15) is 12.7 Å². The second kappa shape index (κ2) is 7.37. The number of carbonyl (C=O) groups excluding carboxylic acids is 1. The van der Waals surface area contributed by atoms with Gasteiger partial charge in [-0.2, -0.15) is 5.10 Å². The quantitative estimate of drug-likeness (QED) is 0.772. The number of benzene rings is 1. The molecule has 0 aliphatic carbocycles. The molecule has 0 bridgehead atoms. The first-order valence-electron chi connectivity index (χ1n) is 5.77. The largest absolute Gasteiger partial charge is 0.347 e. The summed E-state index contributed by atoms with van der Waals surface area (Å²) in [5, 5.41) is 9.56. The lowest BCUT2D eigenvalue weighted by Gasteiger charge is -2.04. The maximum Gasteiger partial charge on any atom is 0.237 e. The summed E-state index contributed by atoms with van der Waals surface area (Å²) < 4.78 is 0.996. The van der Waals surface area contributed by atoms with E-state index in [0.717, 1.165) is 10.0 Å². The molecule has 1 atom stereocenters. The zero-order chi connectivity index (χ0) is 13.8. The normalized spacial score (nSPS) is 11.6. The summed E-state index contributed by atoms with van der Waals surface area (Å²) in [6.07, 6.45) is 0. The molecule has 1 aromatic heterocycles. The Morgan fingerprint density at radius 1 is 1.45 bits per heavy atom. The van der Waals surface area contributed by atoms with E-state index in [0.29, 0.717) is 11.6 Å². The number of halogens is 2. The highest BCUT2D eigenvalue weighted by atomic mass is 79.9. The van der Waals surface area contributed by atoms with Crippen LogP contribution in [-0.2, 0) is 11.3 Å². The van der Waals surface area contributed by atoms with Crippen molar-refractivity contribution in [2.45, 2.75) is 19.5 Å². The maximum atomic E-state index is 11.3. The molecule has 20 heavy (non-hydrogen) atoms. The first-order chi connectivity index (χ1) is 9.06. The van der Waals surface area contributed by atoms with Crippen molar-refractivity contribution in [3.05, 3.63) is 34.6 Å². The fourth-order valence-electron chi connectivity index (χ4n) is 1.43. The lowest BCUT2D eigenvalue weighted by molar-refractivity contribution is -0.122. The highest BCUT2D eigenvalue weighted by Crippen LogP contribution is 2.18. The first-order valence-corrected chi connectivity index (χ1v) is 6.56. The van der Waals surface area contributed by atoms with Crippen molar-refractivity contribution in [2.75, 3.05) is 0 Å². The van der Waals surface area contributed by atoms with Crippen molar-refractivity contribution in [3.8, 4) is 11.4 Å². The molecule has 0 aliphatic rings. The Kier molecular flexibility index (Phi) is 6.12. The van der Waals surface area contributed by atoms with Crippen LogP contribution in [0.4, 0.5) is 0 Å². The number of nitrogens with zero attached hydrogens (tertiary/aromatic N) is 2. The van der Waals surface area contributed by atoms with E-state index in [1.165, 1.54) is 0 Å². The molecule has 108 valence electrons. The molecule has 0 saturated carbocycles. The predicted molar refractivity (Wildman–Crippen MR) is 82.3 cm³/mol. The molecule has 1 aromatic carbocycles. The van der Waals surface area contributed by atoms with Gasteiger partial charge in [-0.3, -0.25) is 9.89 Å². The van der Waals surface area contributed by atoms with Gasteiger partial charge in [-0.05, 0) is 19.1 Å². The number of carbonyl (C=O) groups is 1. The number of H-pyrrole nitrogens is 1. The molecular weight excluding hydrogens is 346 g/mol. The molecule has 0 saturated heterocycles. The van der Waals surface area contributed by atoms with Crippen LogP contribution >= 0.6 is 28.3 Å². The minimum Gasteiger partial charge on any atom is -0.347 e. The van der Waals surface area contributed by atoms with Crippen LogP contribution in [0.5, 0.6) is 0 Å². The van der Waals surface area contributed by atoms with Gasteiger partial charge in [0.15, 0.2) is 5.82 Å². The molecule has 1 amide bonds. The number of rotatable bonds is 4. The average molecular weight is 361 g/mol. The molecule has 4 N–H and O–H groups in total. The van der Waals surface area contributed by atoms with E-state index in [9.17, 15) is 4.79 Å². The third kappa shape index (κ3) is 4.29. The maximum absolute atomic E-state index is 11.3. The molecule has 6 nitrogen and oxygen atoms in total. The van der Waals surface area contributed by atoms with Crippen LogP contribution in [0.15, 0.2) is 28.7 Å². The van der Waals surface area contributed by atoms with Gasteiger partial charge in [-0.1, -0.05) is 28.1 Å². The highest BCUT2D eigenvalue weighted by Gasteiger charge is 2.09. The van der Waals surface area contributed by atoms with Gasteiger partial charge in [0.25, 0.3) is 0 Å². The summed E-state index contributed by atoms with van der Waals surface area (Å²) in [4.78, 5) is 15.6. The van der Waals surface area contributed by atoms with Gasteiger partial charge < -0.3 is 11.1 Å². The van der Waals surface area contributed by atoms with Crippen LogP contribution in [0.2, 0.25) is 0 Å². The smallest absolute Gasteiger partial charge is 0.237 e. The number of aromatic nitrogens is 3. The van der Waals surface area contributed by atoms with Crippen LogP contribution in [0, 0.1) is 0 Å². The van der Waals surface area contributed by atoms with Crippen molar-refractivity contribution in [1.29, 1.82) is 0 Å². The molecular formula is C12H15BrClN5O. The van der Waals surface area contributed by atoms with Gasteiger partial charge >= 0.3 is 0 Å². The standard InChI is InChI=1S/C12H14BrN5O.ClH/c1-7(14)12(19)15-6-10-16-11(18-17-10)8-2-4-9(13)5-3-8;/h2-5,7H,6,14H2,1H3,(H,15,19)(H,16,17,18);1H/t7-;/m0./s1. The zero-order valence-corrected chi connectivity index (χ0v) is 13.2. The Labute approximate surface area is 131 Å². The highest BCUT2D eigenvalue weighted by molar-refractivity contribution is 9.10. The first kappa shape index (κ1) is 16.6. The van der Waals surface area contributed by atoms with Gasteiger partial charge in [-0.15, -0.1) is 12.4 Å². The van der Waals surface area contributed by atoms with E-state index in [-0.39, 0.29) is 24.9 Å². The van der Waals surface area contributed by atoms with Crippen molar-refractivity contribution < 1.29 is 4.79 Å². The van der Waals surface area contributed by atoms with Crippen molar-refractivity contribution in [2.24, 2.45) is 5.73 Å². The van der Waals surface area contributed by atoms with Crippen LogP contribution < -0.4 is 11.1 Å². The van der Waals surface area contributed by atoms with Gasteiger partial charge in [0, 0.05) is 10.0 Å². The Balaban J connectivity index is 0.00000200. The summed E-state index contributed by atoms with van der Waals surface area (Å²) in [5.41, 5.74) is 6.35. The number of hydrogen-bond acceptors (Lipinski definition) is 4. The Bertz CT molecular complexity index is 569. The third-order valence-corrected chi connectivity index (χ3v) is 3.01. The second-order valence-electron chi connectivity index (χ2n) is 4.12. The summed E-state index contributed by atoms with van der Waals surface area (Å²) in [6.45, 7) is 1.91. The average Bonchev–Trinajstić information content (AvgIpc) is 2.85. The fourth-order valence-corrected chi connectivity index (χ4v) is 1.70. The van der Waals surface area contributed by atoms with E-state index >= 15 is 0 Å². The van der Waals surface area contributed by atoms with E-state index < -0.39 is 6.04 Å². The monoisotopic (exact) mass is 359 g/mol. The van der Waals surface area contributed by atoms with E-state index in [4.69, 9.17) is 5.73 Å². The lowest BCUT2D eigenvalue weighted by atomic mass is 10.2. The van der Waals surface area contributed by atoms with Crippen molar-refractivity contribution >= 4 is 34.2 Å². The third-order valence-electron chi connectivity index (χ3n) is 2.48. The SMILES string of the molecule is C[C@H](N)C(=O)NCc1nc(-c2ccc(Br)cc2)n[nH]1.Cl. The fraction of sp³-hybridized carbons (Fsp3) is 0.250. The topological polar surface area (TPSA) is 96.7 Å². The molecule has 0 radical (unpaired) electrons. The molecule has 2 aromatic rings. The second-order valence-corrected chi connectivity index (χ2v) is 5.03. The summed E-state index contributed by atoms with van der Waals surface area (Å²) >= 11 is 3.37. The zero-order valence-electron chi connectivity index (χ0n) is 10.8. The number of nitrogens with two attached hydrogens (primary N) is 1. The number of hydrogen-bond donors (Lipinski definition) is 3. The van der Waals surface area contributed by atoms with Gasteiger partial charge in [0.05, 0.1) is 12.6 Å². The Hall–Kier alpha value is -1.44. The summed E-state index contributed by atoms with van der Waals surface area (Å²) in [7, 11) is 0. The summed E-state index contributed by atoms with van der Waals surface area (Å²) in [6, 6.07) is 7.13. The van der Waals surface area contributed by atoms with Crippen LogP contribution in [0.3, 0.4) is 0 Å². The van der Waals surface area contributed by atoms with Crippen LogP contribution in [-0.4, -0.2) is 27.1 Å². The summed E-state index contributed by atoms with van der Waals surface area (Å²) in [5.74, 6) is 0.964. The van der Waals surface area contributed by atoms with Crippen molar-refractivity contribution in [1.82, 2.24) is 20.5 Å². The van der Waals surface area contributed by atoms with E-state index in [1.54, 1.807) is 6.92 Å². The molecule has 8 heteroatoms. The van der Waals surface area contributed by atoms with E-state index in [1.807, 2.05) is 24.3 Å². The number of aromatic amines is 1. The van der Waals surface area contributed by atoms with E-state index in [2.05, 4.69) is 36.4 Å². The molecule has 1 heterocycles. The van der Waals surface area contributed by atoms with Crippen LogP contribution in [0.25, 0.3) is 11.4 Å². The van der Waals surface area contributed by atoms with Crippen molar-refractivity contribution in [3.63, 3.8) is 0 Å². The molecule has 2 rings (SSSR count). The lowest BCUT2D eigenvalue weighted by Crippen LogP contribution is -2.38.